The molecule has 0 saturated carbocycles. The molecule has 1 fully saturated rings. The number of rotatable bonds is 5. The zero-order chi connectivity index (χ0) is 19.4. The maximum Gasteiger partial charge on any atom is 0.310 e. The highest BCUT2D eigenvalue weighted by Crippen LogP contribution is 2.32. The molecule has 144 valence electrons. The number of benzene rings is 1. The summed E-state index contributed by atoms with van der Waals surface area (Å²) in [5.41, 5.74) is 6.29. The van der Waals surface area contributed by atoms with Gasteiger partial charge in [0.25, 0.3) is 0 Å². The Morgan fingerprint density at radius 2 is 2.22 bits per heavy atom. The molecule has 0 spiro atoms. The summed E-state index contributed by atoms with van der Waals surface area (Å²) in [6.45, 7) is 3.20. The SMILES string of the molecule is CCOC(=O)C1CCCN(c2ncnc(Nc3cc(F)ccc3F)c2N)C1. The Morgan fingerprint density at radius 3 is 3.00 bits per heavy atom. The second-order valence-corrected chi connectivity index (χ2v) is 6.25. The number of ether oxygens (including phenoxy) is 1. The number of nitrogens with two attached hydrogens (primary N) is 1. The van der Waals surface area contributed by atoms with Crippen molar-refractivity contribution in [2.45, 2.75) is 19.8 Å². The molecular formula is C18H21F2N5O2. The standard InChI is InChI=1S/C18H21F2N5O2/c1-2-27-18(26)11-4-3-7-25(9-11)17-15(21)16(22-10-23-17)24-14-8-12(19)5-6-13(14)20/h5-6,8,10-11H,2-4,7,9,21H2,1H3,(H,22,23,24). The summed E-state index contributed by atoms with van der Waals surface area (Å²) in [5, 5.41) is 2.71. The van der Waals surface area contributed by atoms with Gasteiger partial charge in [0.2, 0.25) is 0 Å². The second kappa shape index (κ2) is 8.15. The molecule has 0 aliphatic carbocycles. The van der Waals surface area contributed by atoms with Gasteiger partial charge in [0.15, 0.2) is 11.6 Å². The number of hydrogen-bond donors (Lipinski definition) is 2. The molecule has 1 aliphatic rings. The summed E-state index contributed by atoms with van der Waals surface area (Å²) >= 11 is 0. The van der Waals surface area contributed by atoms with Gasteiger partial charge in [-0.2, -0.15) is 0 Å². The van der Waals surface area contributed by atoms with Crippen LogP contribution in [0.1, 0.15) is 19.8 Å². The number of anilines is 4. The van der Waals surface area contributed by atoms with Gasteiger partial charge in [-0.05, 0) is 31.9 Å². The third kappa shape index (κ3) is 4.24. The number of aromatic nitrogens is 2. The van der Waals surface area contributed by atoms with E-state index in [4.69, 9.17) is 10.5 Å². The van der Waals surface area contributed by atoms with Crippen LogP contribution in [0.25, 0.3) is 0 Å². The van der Waals surface area contributed by atoms with Crippen LogP contribution in [0.4, 0.5) is 31.8 Å². The minimum absolute atomic E-state index is 0.0746. The van der Waals surface area contributed by atoms with Crippen LogP contribution in [0.15, 0.2) is 24.5 Å². The summed E-state index contributed by atoms with van der Waals surface area (Å²) < 4.78 is 32.4. The average molecular weight is 377 g/mol. The Labute approximate surface area is 155 Å². The minimum Gasteiger partial charge on any atom is -0.466 e. The molecule has 1 unspecified atom stereocenters. The van der Waals surface area contributed by atoms with Crippen molar-refractivity contribution >= 4 is 29.0 Å². The maximum absolute atomic E-state index is 13.9. The summed E-state index contributed by atoms with van der Waals surface area (Å²) in [6.07, 6.45) is 2.81. The third-order valence-corrected chi connectivity index (χ3v) is 4.39. The fourth-order valence-corrected chi connectivity index (χ4v) is 3.08. The molecule has 2 heterocycles. The van der Waals surface area contributed by atoms with E-state index in [-0.39, 0.29) is 29.1 Å². The van der Waals surface area contributed by atoms with E-state index in [9.17, 15) is 13.6 Å². The molecule has 0 radical (unpaired) electrons. The average Bonchev–Trinajstić information content (AvgIpc) is 2.66. The highest BCUT2D eigenvalue weighted by atomic mass is 19.1. The van der Waals surface area contributed by atoms with Gasteiger partial charge in [-0.3, -0.25) is 4.79 Å². The Bertz CT molecular complexity index is 833. The first-order valence-corrected chi connectivity index (χ1v) is 8.73. The van der Waals surface area contributed by atoms with Gasteiger partial charge in [0.05, 0.1) is 18.2 Å². The normalized spacial score (nSPS) is 16.9. The molecule has 0 amide bonds. The van der Waals surface area contributed by atoms with E-state index in [1.165, 1.54) is 6.33 Å². The van der Waals surface area contributed by atoms with E-state index in [1.807, 2.05) is 4.90 Å². The molecule has 7 nitrogen and oxygen atoms in total. The fourth-order valence-electron chi connectivity index (χ4n) is 3.08. The number of hydrogen-bond acceptors (Lipinski definition) is 7. The van der Waals surface area contributed by atoms with E-state index in [0.29, 0.717) is 25.5 Å². The van der Waals surface area contributed by atoms with E-state index in [0.717, 1.165) is 31.0 Å². The van der Waals surface area contributed by atoms with Crippen LogP contribution in [0, 0.1) is 17.6 Å². The molecule has 1 saturated heterocycles. The first kappa shape index (κ1) is 18.8. The predicted molar refractivity (Wildman–Crippen MR) is 97.7 cm³/mol. The number of nitrogen functional groups attached to an aromatic ring is 1. The quantitative estimate of drug-likeness (QED) is 0.774. The van der Waals surface area contributed by atoms with Gasteiger partial charge in [0.1, 0.15) is 23.6 Å². The number of piperidine rings is 1. The molecule has 1 aliphatic heterocycles. The van der Waals surface area contributed by atoms with E-state index < -0.39 is 11.6 Å². The largest absolute Gasteiger partial charge is 0.466 e. The minimum atomic E-state index is -0.628. The molecule has 9 heteroatoms. The highest BCUT2D eigenvalue weighted by molar-refractivity contribution is 5.79. The first-order valence-electron chi connectivity index (χ1n) is 8.73. The van der Waals surface area contributed by atoms with Crippen LogP contribution in [0.2, 0.25) is 0 Å². The topological polar surface area (TPSA) is 93.4 Å². The monoisotopic (exact) mass is 377 g/mol. The number of nitrogens with one attached hydrogen (secondary N) is 1. The van der Waals surface area contributed by atoms with Crippen molar-refractivity contribution in [2.75, 3.05) is 35.6 Å². The zero-order valence-electron chi connectivity index (χ0n) is 14.9. The number of esters is 1. The Balaban J connectivity index is 1.82. The molecule has 1 atom stereocenters. The van der Waals surface area contributed by atoms with Crippen molar-refractivity contribution in [1.82, 2.24) is 9.97 Å². The van der Waals surface area contributed by atoms with Crippen LogP contribution >= 0.6 is 0 Å². The lowest BCUT2D eigenvalue weighted by Crippen LogP contribution is -2.40. The molecule has 0 bridgehead atoms. The summed E-state index contributed by atoms with van der Waals surface area (Å²) in [4.78, 5) is 22.2. The first-order chi connectivity index (χ1) is 13.0. The molecule has 3 rings (SSSR count). The Morgan fingerprint density at radius 1 is 1.41 bits per heavy atom. The molecule has 27 heavy (non-hydrogen) atoms. The summed E-state index contributed by atoms with van der Waals surface area (Å²) in [7, 11) is 0. The smallest absolute Gasteiger partial charge is 0.310 e. The summed E-state index contributed by atoms with van der Waals surface area (Å²) in [6, 6.07) is 3.07. The lowest BCUT2D eigenvalue weighted by molar-refractivity contribution is -0.148. The van der Waals surface area contributed by atoms with Gasteiger partial charge in [-0.25, -0.2) is 18.7 Å². The summed E-state index contributed by atoms with van der Waals surface area (Å²) in [5.74, 6) is -1.10. The van der Waals surface area contributed by atoms with Gasteiger partial charge in [-0.15, -0.1) is 0 Å². The van der Waals surface area contributed by atoms with E-state index in [1.54, 1.807) is 6.92 Å². The number of halogens is 2. The fraction of sp³-hybridized carbons (Fsp3) is 0.389. The van der Waals surface area contributed by atoms with Gasteiger partial charge < -0.3 is 20.7 Å². The van der Waals surface area contributed by atoms with E-state index >= 15 is 0 Å². The second-order valence-electron chi connectivity index (χ2n) is 6.25. The lowest BCUT2D eigenvalue weighted by Gasteiger charge is -2.33. The molecule has 2 aromatic rings. The number of carbonyl (C=O) groups is 1. The third-order valence-electron chi connectivity index (χ3n) is 4.39. The van der Waals surface area contributed by atoms with E-state index in [2.05, 4.69) is 15.3 Å². The highest BCUT2D eigenvalue weighted by Gasteiger charge is 2.29. The molecule has 1 aromatic carbocycles. The molecule has 1 aromatic heterocycles. The van der Waals surface area contributed by atoms with Crippen molar-refractivity contribution in [2.24, 2.45) is 5.92 Å². The van der Waals surface area contributed by atoms with Crippen LogP contribution < -0.4 is 16.0 Å². The van der Waals surface area contributed by atoms with Crippen molar-refractivity contribution in [3.8, 4) is 0 Å². The lowest BCUT2D eigenvalue weighted by atomic mass is 9.98. The Kier molecular flexibility index (Phi) is 5.68. The number of nitrogens with zero attached hydrogens (tertiary/aromatic N) is 3. The predicted octanol–water partition coefficient (Wildman–Crippen LogP) is 2.86. The Hall–Kier alpha value is -2.97. The van der Waals surface area contributed by atoms with Gasteiger partial charge in [0, 0.05) is 19.2 Å². The maximum atomic E-state index is 13.9. The van der Waals surface area contributed by atoms with Crippen molar-refractivity contribution in [3.63, 3.8) is 0 Å². The van der Waals surface area contributed by atoms with Crippen molar-refractivity contribution in [3.05, 3.63) is 36.2 Å². The van der Waals surface area contributed by atoms with Crippen LogP contribution in [0.5, 0.6) is 0 Å². The van der Waals surface area contributed by atoms with Gasteiger partial charge >= 0.3 is 5.97 Å². The molecule has 3 N–H and O–H groups in total. The van der Waals surface area contributed by atoms with Crippen LogP contribution in [-0.2, 0) is 9.53 Å². The number of carbonyl (C=O) groups excluding carboxylic acids is 1. The zero-order valence-corrected chi connectivity index (χ0v) is 14.9. The van der Waals surface area contributed by atoms with Crippen molar-refractivity contribution in [1.29, 1.82) is 0 Å². The van der Waals surface area contributed by atoms with Gasteiger partial charge in [-0.1, -0.05) is 0 Å². The van der Waals surface area contributed by atoms with Crippen LogP contribution in [0.3, 0.4) is 0 Å². The molecular weight excluding hydrogens is 356 g/mol. The van der Waals surface area contributed by atoms with Crippen molar-refractivity contribution < 1.29 is 18.3 Å². The van der Waals surface area contributed by atoms with Crippen LogP contribution in [-0.4, -0.2) is 35.6 Å².